The zero-order chi connectivity index (χ0) is 17.1. The van der Waals surface area contributed by atoms with Crippen LogP contribution in [0.25, 0.3) is 0 Å². The van der Waals surface area contributed by atoms with Gasteiger partial charge in [0.1, 0.15) is 17.5 Å². The van der Waals surface area contributed by atoms with E-state index in [9.17, 15) is 4.79 Å². The maximum Gasteiger partial charge on any atom is 0.272 e. The molecule has 0 aliphatic carbocycles. The standard InChI is InChI=1S/C18H22ClN3O2/c1-3-22-17(12-13(2)20-22)18(23)21-10-8-16(9-11-21)24-15-6-4-14(19)5-7-15/h4-7,12,16H,3,8-11H2,1-2H3. The number of carbonyl (C=O) groups is 1. The largest absolute Gasteiger partial charge is 0.490 e. The molecule has 0 spiro atoms. The SMILES string of the molecule is CCn1nc(C)cc1C(=O)N1CCC(Oc2ccc(Cl)cc2)CC1. The number of hydrogen-bond acceptors (Lipinski definition) is 3. The fraction of sp³-hybridized carbons (Fsp3) is 0.444. The number of hydrogen-bond donors (Lipinski definition) is 0. The van der Waals surface area contributed by atoms with E-state index < -0.39 is 0 Å². The molecule has 1 fully saturated rings. The molecule has 3 rings (SSSR count). The van der Waals surface area contributed by atoms with Crippen molar-refractivity contribution in [1.82, 2.24) is 14.7 Å². The van der Waals surface area contributed by atoms with Gasteiger partial charge < -0.3 is 9.64 Å². The molecule has 1 aromatic heterocycles. The smallest absolute Gasteiger partial charge is 0.272 e. The van der Waals surface area contributed by atoms with E-state index in [1.165, 1.54) is 0 Å². The van der Waals surface area contributed by atoms with Gasteiger partial charge >= 0.3 is 0 Å². The van der Waals surface area contributed by atoms with Crippen LogP contribution in [0.1, 0.15) is 35.9 Å². The maximum absolute atomic E-state index is 12.7. The molecule has 1 aliphatic rings. The molecule has 1 amide bonds. The summed E-state index contributed by atoms with van der Waals surface area (Å²) < 4.78 is 7.75. The van der Waals surface area contributed by atoms with Crippen LogP contribution in [0.2, 0.25) is 5.02 Å². The number of nitrogens with zero attached hydrogens (tertiary/aromatic N) is 3. The summed E-state index contributed by atoms with van der Waals surface area (Å²) in [6.07, 6.45) is 1.79. The predicted molar refractivity (Wildman–Crippen MR) is 93.6 cm³/mol. The van der Waals surface area contributed by atoms with Crippen molar-refractivity contribution in [2.24, 2.45) is 0 Å². The average molecular weight is 348 g/mol. The van der Waals surface area contributed by atoms with Gasteiger partial charge in [-0.15, -0.1) is 0 Å². The van der Waals surface area contributed by atoms with Gasteiger partial charge in [-0.2, -0.15) is 5.10 Å². The second-order valence-corrected chi connectivity index (χ2v) is 6.49. The number of amides is 1. The minimum atomic E-state index is 0.0578. The molecule has 1 aliphatic heterocycles. The zero-order valence-corrected chi connectivity index (χ0v) is 14.8. The number of rotatable bonds is 4. The lowest BCUT2D eigenvalue weighted by molar-refractivity contribution is 0.0584. The lowest BCUT2D eigenvalue weighted by Crippen LogP contribution is -2.42. The number of aryl methyl sites for hydroxylation is 2. The third-order valence-electron chi connectivity index (χ3n) is 4.27. The highest BCUT2D eigenvalue weighted by Gasteiger charge is 2.26. The van der Waals surface area contributed by atoms with Crippen LogP contribution >= 0.6 is 11.6 Å². The Labute approximate surface area is 147 Å². The lowest BCUT2D eigenvalue weighted by Gasteiger charge is -2.32. The van der Waals surface area contributed by atoms with Crippen molar-refractivity contribution in [2.45, 2.75) is 39.3 Å². The van der Waals surface area contributed by atoms with Crippen LogP contribution in [0.3, 0.4) is 0 Å². The fourth-order valence-electron chi connectivity index (χ4n) is 3.00. The van der Waals surface area contributed by atoms with Crippen LogP contribution in [-0.2, 0) is 6.54 Å². The van der Waals surface area contributed by atoms with E-state index in [1.807, 2.05) is 49.1 Å². The molecule has 1 saturated heterocycles. The van der Waals surface area contributed by atoms with Crippen molar-refractivity contribution >= 4 is 17.5 Å². The van der Waals surface area contributed by atoms with Gasteiger partial charge in [0.2, 0.25) is 0 Å². The van der Waals surface area contributed by atoms with Crippen LogP contribution in [0.15, 0.2) is 30.3 Å². The molecule has 0 saturated carbocycles. The Hall–Kier alpha value is -2.01. The third-order valence-corrected chi connectivity index (χ3v) is 4.52. The van der Waals surface area contributed by atoms with E-state index in [2.05, 4.69) is 5.10 Å². The molecule has 2 aromatic rings. The number of carbonyl (C=O) groups excluding carboxylic acids is 1. The van der Waals surface area contributed by atoms with Crippen LogP contribution in [0, 0.1) is 6.92 Å². The Bertz CT molecular complexity index is 704. The van der Waals surface area contributed by atoms with E-state index in [1.54, 1.807) is 4.68 Å². The van der Waals surface area contributed by atoms with Gasteiger partial charge in [0, 0.05) is 37.5 Å². The van der Waals surface area contributed by atoms with Gasteiger partial charge in [-0.25, -0.2) is 0 Å². The van der Waals surface area contributed by atoms with Crippen molar-refractivity contribution in [3.63, 3.8) is 0 Å². The van der Waals surface area contributed by atoms with Gasteiger partial charge in [0.05, 0.1) is 5.69 Å². The van der Waals surface area contributed by atoms with E-state index in [0.29, 0.717) is 30.4 Å². The number of piperidine rings is 1. The summed E-state index contributed by atoms with van der Waals surface area (Å²) >= 11 is 5.89. The fourth-order valence-corrected chi connectivity index (χ4v) is 3.13. The Kier molecular flexibility index (Phi) is 5.09. The summed E-state index contributed by atoms with van der Waals surface area (Å²) in [5.41, 5.74) is 1.55. The van der Waals surface area contributed by atoms with Gasteiger partial charge in [-0.1, -0.05) is 11.6 Å². The number of aromatic nitrogens is 2. The van der Waals surface area contributed by atoms with Crippen molar-refractivity contribution in [2.75, 3.05) is 13.1 Å². The number of halogens is 1. The average Bonchev–Trinajstić information content (AvgIpc) is 2.98. The maximum atomic E-state index is 12.7. The molecular weight excluding hydrogens is 326 g/mol. The zero-order valence-electron chi connectivity index (χ0n) is 14.0. The second-order valence-electron chi connectivity index (χ2n) is 6.05. The summed E-state index contributed by atoms with van der Waals surface area (Å²) in [6, 6.07) is 9.26. The Balaban J connectivity index is 1.58. The molecule has 128 valence electrons. The van der Waals surface area contributed by atoms with Crippen LogP contribution in [-0.4, -0.2) is 39.8 Å². The summed E-state index contributed by atoms with van der Waals surface area (Å²) in [6.45, 7) is 6.01. The third kappa shape index (κ3) is 3.73. The molecule has 0 radical (unpaired) electrons. The Morgan fingerprint density at radius 2 is 1.96 bits per heavy atom. The first-order valence-electron chi connectivity index (χ1n) is 8.32. The van der Waals surface area contributed by atoms with Crippen molar-refractivity contribution in [1.29, 1.82) is 0 Å². The molecule has 0 unspecified atom stereocenters. The summed E-state index contributed by atoms with van der Waals surface area (Å²) in [7, 11) is 0. The number of likely N-dealkylation sites (tertiary alicyclic amines) is 1. The highest BCUT2D eigenvalue weighted by Crippen LogP contribution is 2.22. The van der Waals surface area contributed by atoms with Crippen LogP contribution in [0.4, 0.5) is 0 Å². The minimum Gasteiger partial charge on any atom is -0.490 e. The van der Waals surface area contributed by atoms with Gasteiger partial charge in [-0.05, 0) is 44.2 Å². The van der Waals surface area contributed by atoms with E-state index in [4.69, 9.17) is 16.3 Å². The molecule has 1 aromatic carbocycles. The molecule has 0 bridgehead atoms. The number of ether oxygens (including phenoxy) is 1. The van der Waals surface area contributed by atoms with Gasteiger partial charge in [-0.3, -0.25) is 9.48 Å². The number of benzene rings is 1. The van der Waals surface area contributed by atoms with Crippen LogP contribution in [0.5, 0.6) is 5.75 Å². The quantitative estimate of drug-likeness (QED) is 0.849. The topological polar surface area (TPSA) is 47.4 Å². The van der Waals surface area contributed by atoms with Crippen LogP contribution < -0.4 is 4.74 Å². The first kappa shape index (κ1) is 16.8. The van der Waals surface area contributed by atoms with Crippen molar-refractivity contribution in [3.05, 3.63) is 46.7 Å². The first-order valence-corrected chi connectivity index (χ1v) is 8.70. The molecule has 5 nitrogen and oxygen atoms in total. The predicted octanol–water partition coefficient (Wildman–Crippen LogP) is 3.55. The second kappa shape index (κ2) is 7.26. The molecule has 2 heterocycles. The molecule has 0 N–H and O–H groups in total. The monoisotopic (exact) mass is 347 g/mol. The molecule has 24 heavy (non-hydrogen) atoms. The van der Waals surface area contributed by atoms with E-state index in [-0.39, 0.29) is 12.0 Å². The lowest BCUT2D eigenvalue weighted by atomic mass is 10.1. The Morgan fingerprint density at radius 3 is 2.58 bits per heavy atom. The van der Waals surface area contributed by atoms with Gasteiger partial charge in [0.25, 0.3) is 5.91 Å². The van der Waals surface area contributed by atoms with Gasteiger partial charge in [0.15, 0.2) is 0 Å². The highest BCUT2D eigenvalue weighted by atomic mass is 35.5. The highest BCUT2D eigenvalue weighted by molar-refractivity contribution is 6.30. The molecule has 6 heteroatoms. The first-order chi connectivity index (χ1) is 11.6. The summed E-state index contributed by atoms with van der Waals surface area (Å²) in [4.78, 5) is 14.6. The Morgan fingerprint density at radius 1 is 1.29 bits per heavy atom. The van der Waals surface area contributed by atoms with E-state index in [0.717, 1.165) is 24.3 Å². The van der Waals surface area contributed by atoms with E-state index >= 15 is 0 Å². The minimum absolute atomic E-state index is 0.0578. The molecule has 0 atom stereocenters. The summed E-state index contributed by atoms with van der Waals surface area (Å²) in [5.74, 6) is 0.881. The summed E-state index contributed by atoms with van der Waals surface area (Å²) in [5, 5.41) is 5.06. The normalized spacial score (nSPS) is 15.5. The van der Waals surface area contributed by atoms with Crippen molar-refractivity contribution in [3.8, 4) is 5.75 Å². The molecular formula is C18H22ClN3O2. The van der Waals surface area contributed by atoms with Crippen molar-refractivity contribution < 1.29 is 9.53 Å².